The zero-order valence-electron chi connectivity index (χ0n) is 12.5. The van der Waals surface area contributed by atoms with Crippen molar-refractivity contribution in [2.24, 2.45) is 0 Å². The molecule has 122 valence electrons. The molecule has 0 spiro atoms. The van der Waals surface area contributed by atoms with Crippen LogP contribution in [-0.4, -0.2) is 22.8 Å². The van der Waals surface area contributed by atoms with Gasteiger partial charge < -0.3 is 10.6 Å². The Bertz CT molecular complexity index is 733. The van der Waals surface area contributed by atoms with E-state index in [0.29, 0.717) is 21.6 Å². The molecule has 1 atom stereocenters. The largest absolute Gasteiger partial charge is 0.345 e. The monoisotopic (exact) mass is 371 g/mol. The van der Waals surface area contributed by atoms with E-state index in [9.17, 15) is 9.59 Å². The lowest BCUT2D eigenvalue weighted by Gasteiger charge is -2.10. The Morgan fingerprint density at radius 3 is 2.74 bits per heavy atom. The fourth-order valence-electron chi connectivity index (χ4n) is 1.88. The molecule has 1 unspecified atom stereocenters. The van der Waals surface area contributed by atoms with Crippen LogP contribution in [0.3, 0.4) is 0 Å². The van der Waals surface area contributed by atoms with Crippen LogP contribution in [0.2, 0.25) is 10.0 Å². The molecule has 0 saturated carbocycles. The molecule has 0 fully saturated rings. The SMILES string of the molecule is CC(=O)NC(C)C(=O)Nc1ncc(Cc2ccc(Cl)cc2Cl)s1. The summed E-state index contributed by atoms with van der Waals surface area (Å²) in [5.41, 5.74) is 0.934. The Labute approximate surface area is 148 Å². The van der Waals surface area contributed by atoms with E-state index < -0.39 is 6.04 Å². The summed E-state index contributed by atoms with van der Waals surface area (Å²) in [5, 5.41) is 6.85. The Balaban J connectivity index is 2.00. The van der Waals surface area contributed by atoms with E-state index in [1.807, 2.05) is 6.07 Å². The van der Waals surface area contributed by atoms with E-state index in [2.05, 4.69) is 15.6 Å². The van der Waals surface area contributed by atoms with E-state index in [-0.39, 0.29) is 11.8 Å². The van der Waals surface area contributed by atoms with Crippen LogP contribution in [0.4, 0.5) is 5.13 Å². The number of nitrogens with one attached hydrogen (secondary N) is 2. The minimum Gasteiger partial charge on any atom is -0.345 e. The first-order valence-electron chi connectivity index (χ1n) is 6.81. The van der Waals surface area contributed by atoms with Crippen molar-refractivity contribution in [1.29, 1.82) is 0 Å². The molecule has 2 amide bonds. The lowest BCUT2D eigenvalue weighted by atomic mass is 10.1. The van der Waals surface area contributed by atoms with Crippen LogP contribution in [0.5, 0.6) is 0 Å². The fourth-order valence-corrected chi connectivity index (χ4v) is 3.20. The van der Waals surface area contributed by atoms with Crippen molar-refractivity contribution in [2.75, 3.05) is 5.32 Å². The molecule has 8 heteroatoms. The van der Waals surface area contributed by atoms with E-state index in [4.69, 9.17) is 23.2 Å². The van der Waals surface area contributed by atoms with Crippen LogP contribution in [0.25, 0.3) is 0 Å². The third-order valence-corrected chi connectivity index (χ3v) is 4.48. The van der Waals surface area contributed by atoms with Crippen LogP contribution in [0.1, 0.15) is 24.3 Å². The summed E-state index contributed by atoms with van der Waals surface area (Å²) in [5.74, 6) is -0.574. The molecule has 0 aliphatic rings. The van der Waals surface area contributed by atoms with Gasteiger partial charge in [0.25, 0.3) is 0 Å². The van der Waals surface area contributed by atoms with Crippen molar-refractivity contribution in [3.05, 3.63) is 44.9 Å². The lowest BCUT2D eigenvalue weighted by Crippen LogP contribution is -2.40. The number of anilines is 1. The summed E-state index contributed by atoms with van der Waals surface area (Å²) >= 11 is 13.4. The average Bonchev–Trinajstić information content (AvgIpc) is 2.88. The number of hydrogen-bond acceptors (Lipinski definition) is 4. The van der Waals surface area contributed by atoms with Crippen molar-refractivity contribution in [2.45, 2.75) is 26.3 Å². The van der Waals surface area contributed by atoms with E-state index >= 15 is 0 Å². The quantitative estimate of drug-likeness (QED) is 0.844. The van der Waals surface area contributed by atoms with Gasteiger partial charge in [-0.1, -0.05) is 29.3 Å². The van der Waals surface area contributed by atoms with Gasteiger partial charge in [-0.3, -0.25) is 9.59 Å². The van der Waals surface area contributed by atoms with Crippen LogP contribution in [0.15, 0.2) is 24.4 Å². The second-order valence-corrected chi connectivity index (χ2v) is 6.91. The van der Waals surface area contributed by atoms with Crippen LogP contribution in [-0.2, 0) is 16.0 Å². The highest BCUT2D eigenvalue weighted by Crippen LogP contribution is 2.26. The summed E-state index contributed by atoms with van der Waals surface area (Å²) < 4.78 is 0. The zero-order valence-corrected chi connectivity index (χ0v) is 14.9. The summed E-state index contributed by atoms with van der Waals surface area (Å²) in [6, 6.07) is 4.71. The molecule has 5 nitrogen and oxygen atoms in total. The highest BCUT2D eigenvalue weighted by atomic mass is 35.5. The number of carbonyl (C=O) groups is 2. The van der Waals surface area contributed by atoms with Crippen LogP contribution in [0, 0.1) is 0 Å². The van der Waals surface area contributed by atoms with Crippen LogP contribution >= 0.6 is 34.5 Å². The molecule has 2 rings (SSSR count). The van der Waals surface area contributed by atoms with Gasteiger partial charge in [-0.15, -0.1) is 11.3 Å². The van der Waals surface area contributed by atoms with Crippen molar-refractivity contribution in [3.63, 3.8) is 0 Å². The Kier molecular flexibility index (Phi) is 5.98. The number of aromatic nitrogens is 1. The summed E-state index contributed by atoms with van der Waals surface area (Å²) in [7, 11) is 0. The topological polar surface area (TPSA) is 71.1 Å². The second kappa shape index (κ2) is 7.77. The first-order chi connectivity index (χ1) is 10.8. The summed E-state index contributed by atoms with van der Waals surface area (Å²) in [6.07, 6.45) is 2.29. The van der Waals surface area contributed by atoms with Crippen molar-refractivity contribution in [3.8, 4) is 0 Å². The van der Waals surface area contributed by atoms with Gasteiger partial charge in [0, 0.05) is 34.5 Å². The molecule has 0 radical (unpaired) electrons. The number of nitrogens with zero attached hydrogens (tertiary/aromatic N) is 1. The zero-order chi connectivity index (χ0) is 17.0. The average molecular weight is 372 g/mol. The van der Waals surface area contributed by atoms with E-state index in [1.165, 1.54) is 18.3 Å². The molecule has 0 bridgehead atoms. The molecule has 0 aliphatic carbocycles. The smallest absolute Gasteiger partial charge is 0.248 e. The maximum atomic E-state index is 11.9. The van der Waals surface area contributed by atoms with Gasteiger partial charge in [-0.2, -0.15) is 0 Å². The predicted octanol–water partition coefficient (Wildman–Crippen LogP) is 3.50. The summed E-state index contributed by atoms with van der Waals surface area (Å²) in [4.78, 5) is 28.0. The molecule has 0 saturated heterocycles. The third-order valence-electron chi connectivity index (χ3n) is 2.98. The molecule has 0 aliphatic heterocycles. The highest BCUT2D eigenvalue weighted by Gasteiger charge is 2.15. The standard InChI is InChI=1S/C15H15Cl2N3O2S/c1-8(19-9(2)21)14(22)20-15-18-7-12(23-15)5-10-3-4-11(16)6-13(10)17/h3-4,6-8H,5H2,1-2H3,(H,19,21)(H,18,20,22). The number of hydrogen-bond donors (Lipinski definition) is 2. The first-order valence-corrected chi connectivity index (χ1v) is 8.39. The maximum Gasteiger partial charge on any atom is 0.248 e. The van der Waals surface area contributed by atoms with Gasteiger partial charge in [0.1, 0.15) is 6.04 Å². The fraction of sp³-hybridized carbons (Fsp3) is 0.267. The van der Waals surface area contributed by atoms with Gasteiger partial charge in [0.15, 0.2) is 5.13 Å². The van der Waals surface area contributed by atoms with Gasteiger partial charge in [0.2, 0.25) is 11.8 Å². The van der Waals surface area contributed by atoms with Crippen molar-refractivity contribution in [1.82, 2.24) is 10.3 Å². The number of benzene rings is 1. The Morgan fingerprint density at radius 1 is 1.35 bits per heavy atom. The van der Waals surface area contributed by atoms with E-state index in [1.54, 1.807) is 25.3 Å². The minimum absolute atomic E-state index is 0.259. The normalized spacial score (nSPS) is 11.8. The minimum atomic E-state index is -0.620. The predicted molar refractivity (Wildman–Crippen MR) is 93.3 cm³/mol. The number of carbonyl (C=O) groups excluding carboxylic acids is 2. The first kappa shape index (κ1) is 17.7. The lowest BCUT2D eigenvalue weighted by molar-refractivity contribution is -0.124. The highest BCUT2D eigenvalue weighted by molar-refractivity contribution is 7.15. The molecular formula is C15H15Cl2N3O2S. The molecule has 1 aromatic heterocycles. The molecule has 2 N–H and O–H groups in total. The van der Waals surface area contributed by atoms with Gasteiger partial charge >= 0.3 is 0 Å². The van der Waals surface area contributed by atoms with E-state index in [0.717, 1.165) is 10.4 Å². The Morgan fingerprint density at radius 2 is 2.09 bits per heavy atom. The summed E-state index contributed by atoms with van der Waals surface area (Å²) in [6.45, 7) is 2.97. The number of amides is 2. The van der Waals surface area contributed by atoms with Gasteiger partial charge in [-0.05, 0) is 24.6 Å². The Hall–Kier alpha value is -1.63. The van der Waals surface area contributed by atoms with Crippen molar-refractivity contribution >= 4 is 51.5 Å². The maximum absolute atomic E-state index is 11.9. The van der Waals surface area contributed by atoms with Gasteiger partial charge in [-0.25, -0.2) is 4.98 Å². The number of rotatable bonds is 5. The molecule has 2 aromatic rings. The number of halogens is 2. The molecule has 23 heavy (non-hydrogen) atoms. The molecule has 1 aromatic carbocycles. The van der Waals surface area contributed by atoms with Gasteiger partial charge in [0.05, 0.1) is 0 Å². The molecular weight excluding hydrogens is 357 g/mol. The number of thiazole rings is 1. The van der Waals surface area contributed by atoms with Crippen LogP contribution < -0.4 is 10.6 Å². The third kappa shape index (κ3) is 5.20. The van der Waals surface area contributed by atoms with Crippen molar-refractivity contribution < 1.29 is 9.59 Å². The molecule has 1 heterocycles. The second-order valence-electron chi connectivity index (χ2n) is 4.96.